The van der Waals surface area contributed by atoms with E-state index in [0.29, 0.717) is 10.6 Å². The zero-order valence-electron chi connectivity index (χ0n) is 11.7. The molecule has 1 aliphatic rings. The van der Waals surface area contributed by atoms with E-state index < -0.39 is 0 Å². The number of nitrogen functional groups attached to an aromatic ring is 1. The van der Waals surface area contributed by atoms with Crippen LogP contribution in [0.1, 0.15) is 29.4 Å². The second kappa shape index (κ2) is 5.94. The molecule has 3 N–H and O–H groups in total. The number of carbonyl (C=O) groups excluding carboxylic acids is 1. The lowest BCUT2D eigenvalue weighted by molar-refractivity contribution is 0.0715. The zero-order valence-corrected chi connectivity index (χ0v) is 14.1. The van der Waals surface area contributed by atoms with E-state index in [1.165, 1.54) is 11.3 Å². The van der Waals surface area contributed by atoms with E-state index in [0.717, 1.165) is 34.0 Å². The van der Waals surface area contributed by atoms with Gasteiger partial charge in [0.2, 0.25) is 0 Å². The second-order valence-corrected chi connectivity index (χ2v) is 7.18. The van der Waals surface area contributed by atoms with Crippen LogP contribution in [0, 0.1) is 0 Å². The van der Waals surface area contributed by atoms with Crippen molar-refractivity contribution < 1.29 is 9.53 Å². The van der Waals surface area contributed by atoms with Gasteiger partial charge >= 0.3 is 0 Å². The highest BCUT2D eigenvalue weighted by atomic mass is 79.9. The molecule has 1 amide bonds. The van der Waals surface area contributed by atoms with Gasteiger partial charge in [-0.25, -0.2) is 0 Å². The molecule has 0 spiro atoms. The number of fused-ring (bicyclic) bond motifs is 1. The molecule has 112 valence electrons. The van der Waals surface area contributed by atoms with E-state index in [1.54, 1.807) is 0 Å². The van der Waals surface area contributed by atoms with Crippen LogP contribution in [0.2, 0.25) is 0 Å². The lowest BCUT2D eigenvalue weighted by Crippen LogP contribution is -2.40. The predicted molar refractivity (Wildman–Crippen MR) is 89.8 cm³/mol. The van der Waals surface area contributed by atoms with E-state index in [2.05, 4.69) is 21.2 Å². The van der Waals surface area contributed by atoms with Crippen molar-refractivity contribution in [2.24, 2.45) is 0 Å². The number of hydrogen-bond donors (Lipinski definition) is 2. The molecule has 0 aliphatic carbocycles. The summed E-state index contributed by atoms with van der Waals surface area (Å²) in [4.78, 5) is 13.0. The molecule has 1 saturated heterocycles. The summed E-state index contributed by atoms with van der Waals surface area (Å²) in [5, 5.41) is 3.92. The van der Waals surface area contributed by atoms with Gasteiger partial charge in [-0.2, -0.15) is 0 Å². The molecular formula is C15H17BrN2O2S. The predicted octanol–water partition coefficient (Wildman–Crippen LogP) is 3.54. The maximum absolute atomic E-state index is 12.5. The fourth-order valence-electron chi connectivity index (χ4n) is 2.66. The van der Waals surface area contributed by atoms with Crippen LogP contribution in [0.25, 0.3) is 10.1 Å². The second-order valence-electron chi connectivity index (χ2n) is 5.27. The van der Waals surface area contributed by atoms with Gasteiger partial charge in [-0.05, 0) is 31.9 Å². The van der Waals surface area contributed by atoms with Crippen LogP contribution < -0.4 is 11.1 Å². The number of nitrogens with two attached hydrogens (primary N) is 1. The van der Waals surface area contributed by atoms with Gasteiger partial charge < -0.3 is 15.8 Å². The van der Waals surface area contributed by atoms with Crippen molar-refractivity contribution >= 4 is 48.9 Å². The molecule has 1 aliphatic heterocycles. The van der Waals surface area contributed by atoms with E-state index in [-0.39, 0.29) is 18.1 Å². The van der Waals surface area contributed by atoms with Crippen LogP contribution in [0.3, 0.4) is 0 Å². The highest BCUT2D eigenvalue weighted by molar-refractivity contribution is 9.10. The minimum Gasteiger partial charge on any atom is -0.397 e. The molecule has 0 radical (unpaired) electrons. The Hall–Kier alpha value is -1.11. The Morgan fingerprint density at radius 3 is 3.05 bits per heavy atom. The summed E-state index contributed by atoms with van der Waals surface area (Å²) in [7, 11) is 0. The summed E-state index contributed by atoms with van der Waals surface area (Å²) in [6.45, 7) is 2.76. The molecule has 6 heteroatoms. The number of ether oxygens (including phenoxy) is 1. The van der Waals surface area contributed by atoms with E-state index in [1.807, 2.05) is 25.1 Å². The Kier molecular flexibility index (Phi) is 4.19. The number of benzene rings is 1. The third-order valence-corrected chi connectivity index (χ3v) is 5.62. The normalized spacial score (nSPS) is 19.8. The number of carbonyl (C=O) groups is 1. The summed E-state index contributed by atoms with van der Waals surface area (Å²) in [5.41, 5.74) is 6.70. The first-order valence-electron chi connectivity index (χ1n) is 6.97. The number of nitrogens with one attached hydrogen (secondary N) is 1. The van der Waals surface area contributed by atoms with Crippen LogP contribution >= 0.6 is 27.3 Å². The molecule has 1 fully saturated rings. The molecule has 0 bridgehead atoms. The highest BCUT2D eigenvalue weighted by Gasteiger charge is 2.26. The maximum Gasteiger partial charge on any atom is 0.263 e. The fraction of sp³-hybridized carbons (Fsp3) is 0.400. The monoisotopic (exact) mass is 368 g/mol. The van der Waals surface area contributed by atoms with Crippen molar-refractivity contribution in [1.82, 2.24) is 5.32 Å². The average molecular weight is 369 g/mol. The van der Waals surface area contributed by atoms with Crippen LogP contribution in [0.5, 0.6) is 0 Å². The van der Waals surface area contributed by atoms with Crippen LogP contribution in [0.4, 0.5) is 5.69 Å². The highest BCUT2D eigenvalue weighted by Crippen LogP contribution is 2.38. The molecular weight excluding hydrogens is 352 g/mol. The number of amides is 1. The van der Waals surface area contributed by atoms with Crippen molar-refractivity contribution in [1.29, 1.82) is 0 Å². The third-order valence-electron chi connectivity index (χ3n) is 3.79. The summed E-state index contributed by atoms with van der Waals surface area (Å²) in [6.07, 6.45) is 2.16. The van der Waals surface area contributed by atoms with Crippen LogP contribution in [0.15, 0.2) is 22.7 Å². The largest absolute Gasteiger partial charge is 0.397 e. The Bertz CT molecular complexity index is 680. The molecule has 2 unspecified atom stereocenters. The van der Waals surface area contributed by atoms with Gasteiger partial charge in [-0.15, -0.1) is 11.3 Å². The van der Waals surface area contributed by atoms with Gasteiger partial charge in [0.15, 0.2) is 0 Å². The summed E-state index contributed by atoms with van der Waals surface area (Å²) in [5.74, 6) is -0.122. The molecule has 2 aromatic rings. The van der Waals surface area contributed by atoms with Crippen molar-refractivity contribution in [3.63, 3.8) is 0 Å². The summed E-state index contributed by atoms with van der Waals surface area (Å²) < 4.78 is 7.54. The minimum absolute atomic E-state index is 0.00643. The van der Waals surface area contributed by atoms with Crippen LogP contribution in [-0.2, 0) is 4.74 Å². The molecule has 3 rings (SSSR count). The fourth-order valence-corrected chi connectivity index (χ4v) is 4.42. The van der Waals surface area contributed by atoms with E-state index >= 15 is 0 Å². The molecule has 21 heavy (non-hydrogen) atoms. The molecule has 1 aromatic carbocycles. The topological polar surface area (TPSA) is 64.4 Å². The van der Waals surface area contributed by atoms with Crippen molar-refractivity contribution in [2.75, 3.05) is 12.3 Å². The Balaban J connectivity index is 1.84. The van der Waals surface area contributed by atoms with E-state index in [9.17, 15) is 4.79 Å². The van der Waals surface area contributed by atoms with Crippen LogP contribution in [-0.4, -0.2) is 24.7 Å². The van der Waals surface area contributed by atoms with Gasteiger partial charge in [0.25, 0.3) is 5.91 Å². The number of rotatable bonds is 3. The Labute approximate surface area is 135 Å². The van der Waals surface area contributed by atoms with Gasteiger partial charge in [-0.1, -0.05) is 22.0 Å². The lowest BCUT2D eigenvalue weighted by atomic mass is 10.1. The number of halogens is 1. The van der Waals surface area contributed by atoms with Crippen molar-refractivity contribution in [3.8, 4) is 0 Å². The number of anilines is 1. The molecule has 2 atom stereocenters. The molecule has 4 nitrogen and oxygen atoms in total. The summed E-state index contributed by atoms with van der Waals surface area (Å²) in [6, 6.07) is 5.84. The van der Waals surface area contributed by atoms with Crippen molar-refractivity contribution in [2.45, 2.75) is 31.9 Å². The Morgan fingerprint density at radius 1 is 1.57 bits per heavy atom. The molecule has 2 heterocycles. The zero-order chi connectivity index (χ0) is 15.0. The third kappa shape index (κ3) is 2.80. The smallest absolute Gasteiger partial charge is 0.263 e. The molecule has 1 aromatic heterocycles. The first-order valence-corrected chi connectivity index (χ1v) is 8.58. The Morgan fingerprint density at radius 2 is 2.38 bits per heavy atom. The summed E-state index contributed by atoms with van der Waals surface area (Å²) >= 11 is 4.91. The lowest BCUT2D eigenvalue weighted by Gasteiger charge is -2.19. The standard InChI is InChI=1S/C15H17BrN2O2S/c1-8(10-5-3-7-20-10)18-15(19)14-13(17)12-9(16)4-2-6-11(12)21-14/h2,4,6,8,10H,3,5,7,17H2,1H3,(H,18,19). The SMILES string of the molecule is CC(NC(=O)c1sc2cccc(Br)c2c1N)C1CCCO1. The van der Waals surface area contributed by atoms with Crippen molar-refractivity contribution in [3.05, 3.63) is 27.5 Å². The number of hydrogen-bond acceptors (Lipinski definition) is 4. The maximum atomic E-state index is 12.5. The minimum atomic E-state index is -0.122. The van der Waals surface area contributed by atoms with E-state index in [4.69, 9.17) is 10.5 Å². The first kappa shape index (κ1) is 14.8. The average Bonchev–Trinajstić information content (AvgIpc) is 3.07. The van der Waals surface area contributed by atoms with Gasteiger partial charge in [0, 0.05) is 21.2 Å². The first-order chi connectivity index (χ1) is 10.1. The molecule has 0 saturated carbocycles. The quantitative estimate of drug-likeness (QED) is 0.870. The van der Waals surface area contributed by atoms with Gasteiger partial charge in [-0.3, -0.25) is 4.79 Å². The van der Waals surface area contributed by atoms with Gasteiger partial charge in [0.1, 0.15) is 4.88 Å². The number of thiophene rings is 1. The van der Waals surface area contributed by atoms with Gasteiger partial charge in [0.05, 0.1) is 17.8 Å².